The van der Waals surface area contributed by atoms with Gasteiger partial charge in [-0.25, -0.2) is 4.39 Å². The molecule has 0 bridgehead atoms. The summed E-state index contributed by atoms with van der Waals surface area (Å²) in [5, 5.41) is 0. The number of carbonyl (C=O) groups excluding carboxylic acids is 2. The maximum atomic E-state index is 13.9. The average Bonchev–Trinajstić information content (AvgIpc) is 3.54. The summed E-state index contributed by atoms with van der Waals surface area (Å²) in [6.45, 7) is -1.73. The molecule has 1 heterocycles. The first-order valence-corrected chi connectivity index (χ1v) is 9.82. The van der Waals surface area contributed by atoms with Gasteiger partial charge >= 0.3 is 6.61 Å². The first-order chi connectivity index (χ1) is 14.5. The fourth-order valence-corrected chi connectivity index (χ4v) is 3.96. The quantitative estimate of drug-likeness (QED) is 0.747. The van der Waals surface area contributed by atoms with Gasteiger partial charge in [0, 0.05) is 32.1 Å². The summed E-state index contributed by atoms with van der Waals surface area (Å²) in [7, 11) is 0. The van der Waals surface area contributed by atoms with Crippen molar-refractivity contribution < 1.29 is 27.5 Å². The topological polar surface area (TPSA) is 49.9 Å². The lowest BCUT2D eigenvalue weighted by Gasteiger charge is -2.35. The van der Waals surface area contributed by atoms with E-state index in [0.717, 1.165) is 0 Å². The Morgan fingerprint density at radius 1 is 0.933 bits per heavy atom. The number of rotatable bonds is 5. The zero-order chi connectivity index (χ0) is 21.3. The molecule has 0 N–H and O–H groups in total. The van der Waals surface area contributed by atoms with Crippen molar-refractivity contribution in [3.05, 3.63) is 65.5 Å². The zero-order valence-corrected chi connectivity index (χ0v) is 16.1. The number of ether oxygens (including phenoxy) is 1. The van der Waals surface area contributed by atoms with Crippen molar-refractivity contribution in [2.24, 2.45) is 5.92 Å². The molecule has 2 amide bonds. The first-order valence-electron chi connectivity index (χ1n) is 9.82. The number of piperazine rings is 1. The van der Waals surface area contributed by atoms with Gasteiger partial charge in [0.2, 0.25) is 5.91 Å². The van der Waals surface area contributed by atoms with Gasteiger partial charge in [-0.2, -0.15) is 8.78 Å². The molecule has 30 heavy (non-hydrogen) atoms. The molecule has 2 atom stereocenters. The van der Waals surface area contributed by atoms with Crippen LogP contribution in [0.5, 0.6) is 5.75 Å². The van der Waals surface area contributed by atoms with Crippen LogP contribution in [-0.2, 0) is 4.79 Å². The van der Waals surface area contributed by atoms with Crippen LogP contribution in [0.15, 0.2) is 48.5 Å². The van der Waals surface area contributed by atoms with E-state index in [2.05, 4.69) is 4.74 Å². The van der Waals surface area contributed by atoms with Crippen LogP contribution in [0.25, 0.3) is 0 Å². The highest BCUT2D eigenvalue weighted by Crippen LogP contribution is 2.49. The number of carbonyl (C=O) groups is 2. The molecule has 0 radical (unpaired) electrons. The lowest BCUT2D eigenvalue weighted by molar-refractivity contribution is -0.134. The molecular formula is C22H21F3N2O3. The maximum absolute atomic E-state index is 13.9. The zero-order valence-electron chi connectivity index (χ0n) is 16.1. The summed E-state index contributed by atoms with van der Waals surface area (Å²) >= 11 is 0. The average molecular weight is 418 g/mol. The van der Waals surface area contributed by atoms with Crippen molar-refractivity contribution >= 4 is 11.8 Å². The third-order valence-corrected chi connectivity index (χ3v) is 5.62. The Hall–Kier alpha value is -3.03. The van der Waals surface area contributed by atoms with Gasteiger partial charge in [-0.3, -0.25) is 9.59 Å². The van der Waals surface area contributed by atoms with Gasteiger partial charge in [-0.1, -0.05) is 30.3 Å². The molecule has 1 aliphatic carbocycles. The van der Waals surface area contributed by atoms with Gasteiger partial charge in [0.1, 0.15) is 11.6 Å². The van der Waals surface area contributed by atoms with Crippen LogP contribution in [0.4, 0.5) is 13.2 Å². The molecule has 0 aromatic heterocycles. The fraction of sp³-hybridized carbons (Fsp3) is 0.364. The van der Waals surface area contributed by atoms with E-state index in [4.69, 9.17) is 0 Å². The van der Waals surface area contributed by atoms with Gasteiger partial charge in [-0.15, -0.1) is 0 Å². The molecule has 1 saturated heterocycles. The highest BCUT2D eigenvalue weighted by Gasteiger charge is 2.47. The van der Waals surface area contributed by atoms with E-state index in [1.165, 1.54) is 29.2 Å². The van der Waals surface area contributed by atoms with Crippen molar-refractivity contribution in [2.75, 3.05) is 26.2 Å². The van der Waals surface area contributed by atoms with Crippen LogP contribution < -0.4 is 4.74 Å². The summed E-state index contributed by atoms with van der Waals surface area (Å²) in [5.41, 5.74) is 0.639. The molecule has 2 fully saturated rings. The van der Waals surface area contributed by atoms with Gasteiger partial charge in [0.05, 0.1) is 5.56 Å². The van der Waals surface area contributed by atoms with Crippen molar-refractivity contribution in [2.45, 2.75) is 19.0 Å². The van der Waals surface area contributed by atoms with Crippen LogP contribution in [0.3, 0.4) is 0 Å². The highest BCUT2D eigenvalue weighted by molar-refractivity contribution is 5.97. The lowest BCUT2D eigenvalue weighted by atomic mass is 10.1. The Morgan fingerprint density at radius 2 is 1.57 bits per heavy atom. The van der Waals surface area contributed by atoms with E-state index in [0.29, 0.717) is 38.2 Å². The molecule has 2 aromatic rings. The number of halogens is 3. The smallest absolute Gasteiger partial charge is 0.387 e. The van der Waals surface area contributed by atoms with Crippen molar-refractivity contribution in [3.8, 4) is 5.75 Å². The second-order valence-corrected chi connectivity index (χ2v) is 7.46. The Balaban J connectivity index is 1.35. The van der Waals surface area contributed by atoms with E-state index in [1.54, 1.807) is 29.2 Å². The minimum Gasteiger partial charge on any atom is -0.434 e. The molecule has 0 spiro atoms. The van der Waals surface area contributed by atoms with Crippen molar-refractivity contribution in [1.29, 1.82) is 0 Å². The summed E-state index contributed by atoms with van der Waals surface area (Å²) in [6, 6.07) is 12.4. The molecule has 8 heteroatoms. The first kappa shape index (κ1) is 20.3. The minimum absolute atomic E-state index is 0.0308. The van der Waals surface area contributed by atoms with Crippen molar-refractivity contribution in [3.63, 3.8) is 0 Å². The van der Waals surface area contributed by atoms with Crippen molar-refractivity contribution in [1.82, 2.24) is 9.80 Å². The largest absolute Gasteiger partial charge is 0.434 e. The van der Waals surface area contributed by atoms with E-state index >= 15 is 0 Å². The number of benzene rings is 2. The molecule has 158 valence electrons. The number of hydrogen-bond acceptors (Lipinski definition) is 3. The number of amides is 2. The number of hydrogen-bond donors (Lipinski definition) is 0. The second kappa shape index (κ2) is 8.38. The van der Waals surface area contributed by atoms with E-state index in [-0.39, 0.29) is 34.9 Å². The second-order valence-electron chi connectivity index (χ2n) is 7.46. The van der Waals surface area contributed by atoms with Gasteiger partial charge in [0.25, 0.3) is 5.91 Å². The predicted octanol–water partition coefficient (Wildman–Crippen LogP) is 3.52. The summed E-state index contributed by atoms with van der Waals surface area (Å²) in [4.78, 5) is 28.7. The Labute approximate surface area is 172 Å². The molecule has 4 rings (SSSR count). The van der Waals surface area contributed by atoms with E-state index in [1.807, 2.05) is 0 Å². The van der Waals surface area contributed by atoms with E-state index < -0.39 is 12.5 Å². The number of alkyl halides is 2. The maximum Gasteiger partial charge on any atom is 0.387 e. The van der Waals surface area contributed by atoms with Crippen LogP contribution in [0, 0.1) is 11.7 Å². The molecule has 2 aromatic carbocycles. The number of para-hydroxylation sites is 1. The molecule has 5 nitrogen and oxygen atoms in total. The molecular weight excluding hydrogens is 397 g/mol. The van der Waals surface area contributed by atoms with Crippen LogP contribution in [-0.4, -0.2) is 54.4 Å². The van der Waals surface area contributed by atoms with Gasteiger partial charge < -0.3 is 14.5 Å². The Morgan fingerprint density at radius 3 is 2.27 bits per heavy atom. The fourth-order valence-electron chi connectivity index (χ4n) is 3.96. The third-order valence-electron chi connectivity index (χ3n) is 5.62. The van der Waals surface area contributed by atoms with Gasteiger partial charge in [0.15, 0.2) is 0 Å². The van der Waals surface area contributed by atoms with Gasteiger partial charge in [-0.05, 0) is 36.1 Å². The van der Waals surface area contributed by atoms with Crippen LogP contribution >= 0.6 is 0 Å². The highest BCUT2D eigenvalue weighted by atomic mass is 19.3. The number of nitrogens with zero attached hydrogens (tertiary/aromatic N) is 2. The predicted molar refractivity (Wildman–Crippen MR) is 103 cm³/mol. The standard InChI is InChI=1S/C22H21F3N2O3/c23-18-7-3-1-5-14(18)16-13-17(16)21(29)27-11-9-26(10-12-27)20(28)15-6-2-4-8-19(15)30-22(24)25/h1-8,16-17,22H,9-13H2. The van der Waals surface area contributed by atoms with E-state index in [9.17, 15) is 22.8 Å². The molecule has 1 aliphatic heterocycles. The summed E-state index contributed by atoms with van der Waals surface area (Å²) in [5.74, 6) is -1.23. The molecule has 2 aliphatic rings. The third kappa shape index (κ3) is 4.13. The lowest BCUT2D eigenvalue weighted by Crippen LogP contribution is -2.51. The van der Waals surface area contributed by atoms with Crippen LogP contribution in [0.2, 0.25) is 0 Å². The summed E-state index contributed by atoms with van der Waals surface area (Å²) < 4.78 is 43.6. The molecule has 2 unspecified atom stereocenters. The Bertz CT molecular complexity index is 945. The Kier molecular flexibility index (Phi) is 5.65. The minimum atomic E-state index is -3.02. The molecule has 1 saturated carbocycles. The SMILES string of the molecule is O=C(c1ccccc1OC(F)F)N1CCN(C(=O)C2CC2c2ccccc2F)CC1. The van der Waals surface area contributed by atoms with Crippen LogP contribution in [0.1, 0.15) is 28.3 Å². The monoisotopic (exact) mass is 418 g/mol. The summed E-state index contributed by atoms with van der Waals surface area (Å²) in [6.07, 6.45) is 0.622. The normalized spacial score (nSPS) is 20.9.